The van der Waals surface area contributed by atoms with Gasteiger partial charge >= 0.3 is 0 Å². The fourth-order valence-corrected chi connectivity index (χ4v) is 3.56. The second kappa shape index (κ2) is 9.53. The fraction of sp³-hybridized carbons (Fsp3) is 0.136. The lowest BCUT2D eigenvalue weighted by molar-refractivity contribution is 0.102. The van der Waals surface area contributed by atoms with E-state index in [-0.39, 0.29) is 5.91 Å². The molecule has 0 aliphatic carbocycles. The highest BCUT2D eigenvalue weighted by Gasteiger charge is 2.08. The van der Waals surface area contributed by atoms with Crippen LogP contribution in [0.5, 0.6) is 5.75 Å². The minimum absolute atomic E-state index is 0.233. The summed E-state index contributed by atoms with van der Waals surface area (Å²) < 4.78 is 17.2. The molecule has 0 fully saturated rings. The maximum Gasteiger partial charge on any atom is 0.255 e. The molecule has 3 rings (SSSR count). The fourth-order valence-electron chi connectivity index (χ4n) is 2.70. The van der Waals surface area contributed by atoms with E-state index in [1.165, 1.54) is 0 Å². The lowest BCUT2D eigenvalue weighted by Gasteiger charge is -2.10. The molecule has 28 heavy (non-hydrogen) atoms. The molecule has 4 nitrogen and oxygen atoms in total. The van der Waals surface area contributed by atoms with Gasteiger partial charge in [-0.05, 0) is 53.6 Å². The Labute approximate surface area is 172 Å². The van der Waals surface area contributed by atoms with Crippen molar-refractivity contribution < 1.29 is 13.7 Å². The molecule has 1 amide bonds. The second-order valence-corrected chi connectivity index (χ2v) is 8.19. The van der Waals surface area contributed by atoms with E-state index in [1.807, 2.05) is 42.5 Å². The van der Waals surface area contributed by atoms with E-state index < -0.39 is 10.8 Å². The van der Waals surface area contributed by atoms with Crippen molar-refractivity contribution in [3.63, 3.8) is 0 Å². The maximum atomic E-state index is 12.6. The predicted molar refractivity (Wildman–Crippen MR) is 114 cm³/mol. The molecular formula is C22H20ClNO3S. The number of carbonyl (C=O) groups is 1. The molecule has 1 unspecified atom stereocenters. The molecule has 3 aromatic rings. The van der Waals surface area contributed by atoms with Crippen LogP contribution in [0.2, 0.25) is 5.02 Å². The predicted octanol–water partition coefficient (Wildman–Crippen LogP) is 5.05. The van der Waals surface area contributed by atoms with E-state index in [2.05, 4.69) is 5.32 Å². The van der Waals surface area contributed by atoms with Crippen LogP contribution in [0.1, 0.15) is 21.5 Å². The first-order valence-corrected chi connectivity index (χ1v) is 10.8. The van der Waals surface area contributed by atoms with Crippen LogP contribution in [-0.4, -0.2) is 16.4 Å². The van der Waals surface area contributed by atoms with Gasteiger partial charge < -0.3 is 10.1 Å². The van der Waals surface area contributed by atoms with Crippen LogP contribution in [0.4, 0.5) is 5.69 Å². The largest absolute Gasteiger partial charge is 0.489 e. The Balaban J connectivity index is 1.66. The zero-order chi connectivity index (χ0) is 19.9. The molecule has 0 saturated heterocycles. The van der Waals surface area contributed by atoms with Gasteiger partial charge in [0.25, 0.3) is 5.91 Å². The number of carbonyl (C=O) groups excluding carboxylic acids is 1. The minimum Gasteiger partial charge on any atom is -0.489 e. The Morgan fingerprint density at radius 1 is 1.00 bits per heavy atom. The van der Waals surface area contributed by atoms with Crippen LogP contribution in [0, 0.1) is 0 Å². The Morgan fingerprint density at radius 2 is 1.75 bits per heavy atom. The van der Waals surface area contributed by atoms with Gasteiger partial charge in [-0.1, -0.05) is 41.9 Å². The quantitative estimate of drug-likeness (QED) is 0.589. The summed E-state index contributed by atoms with van der Waals surface area (Å²) in [4.78, 5) is 12.6. The number of hydrogen-bond donors (Lipinski definition) is 1. The summed E-state index contributed by atoms with van der Waals surface area (Å²) in [7, 11) is -0.934. The lowest BCUT2D eigenvalue weighted by atomic mass is 10.1. The molecule has 0 heterocycles. The molecule has 144 valence electrons. The highest BCUT2D eigenvalue weighted by molar-refractivity contribution is 7.83. The van der Waals surface area contributed by atoms with Gasteiger partial charge in [0.15, 0.2) is 0 Å². The number of hydrogen-bond acceptors (Lipinski definition) is 3. The molecular weight excluding hydrogens is 394 g/mol. The van der Waals surface area contributed by atoms with Gasteiger partial charge in [0.2, 0.25) is 0 Å². The van der Waals surface area contributed by atoms with Gasteiger partial charge in [-0.3, -0.25) is 9.00 Å². The van der Waals surface area contributed by atoms with Crippen molar-refractivity contribution >= 4 is 34.0 Å². The third-order valence-electron chi connectivity index (χ3n) is 3.95. The summed E-state index contributed by atoms with van der Waals surface area (Å²) >= 11 is 5.98. The average Bonchev–Trinajstić information content (AvgIpc) is 2.66. The lowest BCUT2D eigenvalue weighted by Crippen LogP contribution is -2.12. The summed E-state index contributed by atoms with van der Waals surface area (Å²) in [5, 5.41) is 3.53. The normalized spacial score (nSPS) is 11.6. The second-order valence-electron chi connectivity index (χ2n) is 6.32. The van der Waals surface area contributed by atoms with Crippen LogP contribution in [0.3, 0.4) is 0 Å². The number of benzene rings is 3. The number of halogens is 1. The Kier molecular flexibility index (Phi) is 6.85. The van der Waals surface area contributed by atoms with Crippen LogP contribution < -0.4 is 10.1 Å². The van der Waals surface area contributed by atoms with Crippen molar-refractivity contribution in [3.05, 3.63) is 94.5 Å². The van der Waals surface area contributed by atoms with Crippen LogP contribution in [-0.2, 0) is 23.2 Å². The number of amides is 1. The minimum atomic E-state index is -0.934. The van der Waals surface area contributed by atoms with Crippen LogP contribution in [0.15, 0.2) is 72.8 Å². The molecule has 1 atom stereocenters. The summed E-state index contributed by atoms with van der Waals surface area (Å²) in [6.07, 6.45) is 1.65. The molecule has 0 bridgehead atoms. The Bertz CT molecular complexity index is 1010. The van der Waals surface area contributed by atoms with Gasteiger partial charge in [0.1, 0.15) is 12.4 Å². The summed E-state index contributed by atoms with van der Waals surface area (Å²) in [6.45, 7) is 0.363. The Morgan fingerprint density at radius 3 is 2.54 bits per heavy atom. The van der Waals surface area contributed by atoms with Crippen molar-refractivity contribution in [2.45, 2.75) is 12.4 Å². The van der Waals surface area contributed by atoms with Crippen molar-refractivity contribution in [1.82, 2.24) is 0 Å². The third kappa shape index (κ3) is 5.94. The monoisotopic (exact) mass is 413 g/mol. The van der Waals surface area contributed by atoms with Gasteiger partial charge in [-0.2, -0.15) is 0 Å². The van der Waals surface area contributed by atoms with Gasteiger partial charge in [-0.25, -0.2) is 0 Å². The zero-order valence-electron chi connectivity index (χ0n) is 15.4. The summed E-state index contributed by atoms with van der Waals surface area (Å²) in [6, 6.07) is 21.8. The average molecular weight is 414 g/mol. The maximum absolute atomic E-state index is 12.6. The number of ether oxygens (including phenoxy) is 1. The van der Waals surface area contributed by atoms with Gasteiger partial charge in [0.05, 0.1) is 0 Å². The third-order valence-corrected chi connectivity index (χ3v) is 4.92. The molecule has 6 heteroatoms. The van der Waals surface area contributed by atoms with E-state index in [0.717, 1.165) is 11.1 Å². The number of anilines is 1. The molecule has 3 aromatic carbocycles. The first-order valence-electron chi connectivity index (χ1n) is 8.67. The van der Waals surface area contributed by atoms with E-state index in [1.54, 1.807) is 36.6 Å². The van der Waals surface area contributed by atoms with E-state index in [9.17, 15) is 9.00 Å². The van der Waals surface area contributed by atoms with Gasteiger partial charge in [0, 0.05) is 39.1 Å². The van der Waals surface area contributed by atoms with Crippen molar-refractivity contribution in [3.8, 4) is 5.75 Å². The van der Waals surface area contributed by atoms with E-state index >= 15 is 0 Å². The molecule has 0 radical (unpaired) electrons. The van der Waals surface area contributed by atoms with Crippen LogP contribution in [0.25, 0.3) is 0 Å². The Hall–Kier alpha value is -2.63. The van der Waals surface area contributed by atoms with Crippen molar-refractivity contribution in [2.75, 3.05) is 11.6 Å². The smallest absolute Gasteiger partial charge is 0.255 e. The molecule has 0 aromatic heterocycles. The molecule has 0 aliphatic rings. The SMILES string of the molecule is CS(=O)Cc1cccc(NC(=O)c2cccc(OCc3cccc(Cl)c3)c2)c1. The zero-order valence-corrected chi connectivity index (χ0v) is 16.9. The van der Waals surface area contributed by atoms with Crippen LogP contribution >= 0.6 is 11.6 Å². The highest BCUT2D eigenvalue weighted by atomic mass is 35.5. The summed E-state index contributed by atoms with van der Waals surface area (Å²) in [5.74, 6) is 0.821. The molecule has 0 spiro atoms. The standard InChI is InChI=1S/C22H20ClNO3S/c1-28(26)15-17-6-3-9-20(12-17)24-22(25)18-7-4-10-21(13-18)27-14-16-5-2-8-19(23)11-16/h2-13H,14-15H2,1H3,(H,24,25). The van der Waals surface area contributed by atoms with Crippen molar-refractivity contribution in [1.29, 1.82) is 0 Å². The summed E-state index contributed by atoms with van der Waals surface area (Å²) in [5.41, 5.74) is 3.02. The molecule has 0 aliphatic heterocycles. The van der Waals surface area contributed by atoms with Gasteiger partial charge in [-0.15, -0.1) is 0 Å². The first kappa shape index (κ1) is 20.1. The highest BCUT2D eigenvalue weighted by Crippen LogP contribution is 2.19. The van der Waals surface area contributed by atoms with Crippen molar-refractivity contribution in [2.24, 2.45) is 0 Å². The van der Waals surface area contributed by atoms with E-state index in [4.69, 9.17) is 16.3 Å². The molecule has 0 saturated carbocycles. The number of nitrogens with one attached hydrogen (secondary N) is 1. The topological polar surface area (TPSA) is 55.4 Å². The number of rotatable bonds is 7. The first-order chi connectivity index (χ1) is 13.5. The van der Waals surface area contributed by atoms with E-state index in [0.29, 0.717) is 34.4 Å². The molecule has 1 N–H and O–H groups in total.